The molecule has 0 radical (unpaired) electrons. The van der Waals surface area contributed by atoms with Gasteiger partial charge in [-0.25, -0.2) is 0 Å². The van der Waals surface area contributed by atoms with Crippen LogP contribution in [-0.2, 0) is 31.9 Å². The lowest BCUT2D eigenvalue weighted by atomic mass is 10.1. The molecule has 0 saturated heterocycles. The highest BCUT2D eigenvalue weighted by Crippen LogP contribution is 2.27. The third-order valence-electron chi connectivity index (χ3n) is 4.97. The van der Waals surface area contributed by atoms with E-state index >= 15 is 0 Å². The van der Waals surface area contributed by atoms with Crippen molar-refractivity contribution in [2.24, 2.45) is 11.1 Å². The summed E-state index contributed by atoms with van der Waals surface area (Å²) in [5, 5.41) is 6.88. The van der Waals surface area contributed by atoms with Crippen molar-refractivity contribution in [3.05, 3.63) is 71.8 Å². The van der Waals surface area contributed by atoms with E-state index in [2.05, 4.69) is 15.5 Å². The van der Waals surface area contributed by atoms with Gasteiger partial charge in [-0.3, -0.25) is 9.78 Å². The largest absolute Gasteiger partial charge is 0.501 e. The molecule has 1 aliphatic rings. The minimum Gasteiger partial charge on any atom is -0.501 e. The zero-order valence-corrected chi connectivity index (χ0v) is 19.1. The monoisotopic (exact) mass is 493 g/mol. The molecule has 1 aliphatic heterocycles. The second kappa shape index (κ2) is 12.7. The summed E-state index contributed by atoms with van der Waals surface area (Å²) >= 11 is 0. The normalized spacial score (nSPS) is 15.9. The quantitative estimate of drug-likeness (QED) is 0.379. The van der Waals surface area contributed by atoms with Gasteiger partial charge in [-0.2, -0.15) is 13.2 Å². The lowest BCUT2D eigenvalue weighted by molar-refractivity contribution is -0.141. The number of nitrogens with one attached hydrogen (secondary N) is 1. The summed E-state index contributed by atoms with van der Waals surface area (Å²) in [6.07, 6.45) is 1.03. The van der Waals surface area contributed by atoms with Gasteiger partial charge in [0.05, 0.1) is 19.5 Å². The minimum atomic E-state index is -4.49. The van der Waals surface area contributed by atoms with E-state index in [9.17, 15) is 18.0 Å². The Kier molecular flexibility index (Phi) is 9.47. The number of amides is 1. The number of hydrogen-bond donors (Lipinski definition) is 1. The molecule has 3 rings (SSSR count). The van der Waals surface area contributed by atoms with Gasteiger partial charge in [-0.15, -0.1) is 0 Å². The van der Waals surface area contributed by atoms with Gasteiger partial charge in [0.15, 0.2) is 6.61 Å². The Morgan fingerprint density at radius 1 is 1.20 bits per heavy atom. The Bertz CT molecular complexity index is 1010. The average Bonchev–Trinajstić information content (AvgIpc) is 2.86. The van der Waals surface area contributed by atoms with Crippen LogP contribution in [0.25, 0.3) is 0 Å². The predicted molar refractivity (Wildman–Crippen MR) is 121 cm³/mol. The predicted octanol–water partition coefficient (Wildman–Crippen LogP) is 3.71. The number of carbonyl (C=O) groups excluding carboxylic acids is 1. The van der Waals surface area contributed by atoms with Gasteiger partial charge in [0.2, 0.25) is 0 Å². The van der Waals surface area contributed by atoms with Crippen molar-refractivity contribution in [2.75, 3.05) is 33.5 Å². The maximum absolute atomic E-state index is 12.6. The maximum Gasteiger partial charge on any atom is 0.433 e. The molecule has 1 aromatic carbocycles. The summed E-state index contributed by atoms with van der Waals surface area (Å²) in [5.74, 6) is 0.536. The molecule has 1 unspecified atom stereocenters. The molecule has 11 heteroatoms. The number of carbonyl (C=O) groups is 1. The Labute approximate surface area is 200 Å². The first-order valence-corrected chi connectivity index (χ1v) is 10.8. The van der Waals surface area contributed by atoms with Crippen LogP contribution in [0.4, 0.5) is 13.2 Å². The molecular formula is C24H26F3N3O5. The smallest absolute Gasteiger partial charge is 0.433 e. The Balaban J connectivity index is 1.49. The second-order valence-electron chi connectivity index (χ2n) is 7.66. The van der Waals surface area contributed by atoms with E-state index < -0.39 is 11.9 Å². The lowest BCUT2D eigenvalue weighted by Gasteiger charge is -2.17. The van der Waals surface area contributed by atoms with Crippen molar-refractivity contribution < 1.29 is 37.0 Å². The van der Waals surface area contributed by atoms with Crippen molar-refractivity contribution in [1.82, 2.24) is 10.3 Å². The summed E-state index contributed by atoms with van der Waals surface area (Å²) in [6.45, 7) is 1.15. The number of rotatable bonds is 11. The van der Waals surface area contributed by atoms with E-state index in [0.717, 1.165) is 18.7 Å². The fourth-order valence-electron chi connectivity index (χ4n) is 3.07. The summed E-state index contributed by atoms with van der Waals surface area (Å²) < 4.78 is 53.6. The Morgan fingerprint density at radius 2 is 2.00 bits per heavy atom. The van der Waals surface area contributed by atoms with Crippen LogP contribution in [0.3, 0.4) is 0 Å². The standard InChI is InChI=1S/C24H26F3N3O5/c1-32-15-21(30-35-14-18-2-7-22(28-13-18)24(25,26)27)19-3-5-20(6-4-19)34-16-23(31)29-12-17-8-10-33-11-9-17/h2-8,10,13,17H,9,11-12,14-16H2,1H3,(H,29,31). The number of ether oxygens (including phenoxy) is 3. The number of oxime groups is 1. The number of halogens is 3. The molecule has 8 nitrogen and oxygen atoms in total. The van der Waals surface area contributed by atoms with Gasteiger partial charge in [0, 0.05) is 36.9 Å². The second-order valence-corrected chi connectivity index (χ2v) is 7.66. The van der Waals surface area contributed by atoms with Crippen molar-refractivity contribution >= 4 is 11.6 Å². The molecule has 1 aromatic heterocycles. The first kappa shape index (κ1) is 26.0. The number of alkyl halides is 3. The topological polar surface area (TPSA) is 91.3 Å². The zero-order chi connectivity index (χ0) is 25.1. The average molecular weight is 493 g/mol. The van der Waals surface area contributed by atoms with Crippen molar-refractivity contribution in [1.29, 1.82) is 0 Å². The van der Waals surface area contributed by atoms with Gasteiger partial charge in [0.25, 0.3) is 5.91 Å². The van der Waals surface area contributed by atoms with Crippen LogP contribution in [0.5, 0.6) is 5.75 Å². The highest BCUT2D eigenvalue weighted by atomic mass is 19.4. The highest BCUT2D eigenvalue weighted by Gasteiger charge is 2.32. The number of methoxy groups -OCH3 is 1. The molecule has 1 N–H and O–H groups in total. The zero-order valence-electron chi connectivity index (χ0n) is 19.1. The van der Waals surface area contributed by atoms with Crippen LogP contribution >= 0.6 is 0 Å². The molecule has 0 spiro atoms. The van der Waals surface area contributed by atoms with Crippen LogP contribution in [0.1, 0.15) is 23.2 Å². The summed E-state index contributed by atoms with van der Waals surface area (Å²) in [7, 11) is 1.50. The van der Waals surface area contributed by atoms with E-state index in [1.807, 2.05) is 6.08 Å². The highest BCUT2D eigenvalue weighted by molar-refractivity contribution is 6.01. The molecule has 1 atom stereocenters. The van der Waals surface area contributed by atoms with Crippen LogP contribution in [-0.4, -0.2) is 50.1 Å². The molecule has 0 bridgehead atoms. The van der Waals surface area contributed by atoms with E-state index in [-0.39, 0.29) is 31.6 Å². The summed E-state index contributed by atoms with van der Waals surface area (Å²) in [5.41, 5.74) is 0.635. The van der Waals surface area contributed by atoms with E-state index in [1.54, 1.807) is 30.5 Å². The number of pyridine rings is 1. The molecule has 188 valence electrons. The fourth-order valence-corrected chi connectivity index (χ4v) is 3.07. The molecule has 0 aliphatic carbocycles. The summed E-state index contributed by atoms with van der Waals surface area (Å²) in [6, 6.07) is 9.02. The SMILES string of the molecule is COCC(=NOCc1ccc(C(F)(F)F)nc1)c1ccc(OCC(=O)NCC2C=COCC2)cc1. The number of benzene rings is 1. The first-order chi connectivity index (χ1) is 16.8. The molecule has 2 aromatic rings. The van der Waals surface area contributed by atoms with Crippen LogP contribution in [0, 0.1) is 5.92 Å². The maximum atomic E-state index is 12.6. The molecule has 0 saturated carbocycles. The first-order valence-electron chi connectivity index (χ1n) is 10.8. The molecule has 0 fully saturated rings. The molecule has 1 amide bonds. The number of hydrogen-bond acceptors (Lipinski definition) is 7. The van der Waals surface area contributed by atoms with Gasteiger partial charge >= 0.3 is 6.18 Å². The van der Waals surface area contributed by atoms with E-state index in [0.29, 0.717) is 35.7 Å². The fraction of sp³-hybridized carbons (Fsp3) is 0.375. The van der Waals surface area contributed by atoms with Crippen LogP contribution in [0.2, 0.25) is 0 Å². The van der Waals surface area contributed by atoms with Crippen molar-refractivity contribution in [3.8, 4) is 5.75 Å². The Hall–Kier alpha value is -3.60. The Morgan fingerprint density at radius 3 is 2.63 bits per heavy atom. The van der Waals surface area contributed by atoms with Crippen LogP contribution < -0.4 is 10.1 Å². The van der Waals surface area contributed by atoms with Crippen molar-refractivity contribution in [2.45, 2.75) is 19.2 Å². The van der Waals surface area contributed by atoms with E-state index in [4.69, 9.17) is 19.0 Å². The molecule has 35 heavy (non-hydrogen) atoms. The third kappa shape index (κ3) is 8.60. The molecule has 2 heterocycles. The lowest BCUT2D eigenvalue weighted by Crippen LogP contribution is -2.33. The van der Waals surface area contributed by atoms with Gasteiger partial charge in [0.1, 0.15) is 23.8 Å². The van der Waals surface area contributed by atoms with Crippen molar-refractivity contribution in [3.63, 3.8) is 0 Å². The third-order valence-corrected chi connectivity index (χ3v) is 4.97. The summed E-state index contributed by atoms with van der Waals surface area (Å²) in [4.78, 5) is 20.7. The number of aromatic nitrogens is 1. The van der Waals surface area contributed by atoms with Gasteiger partial charge < -0.3 is 24.4 Å². The van der Waals surface area contributed by atoms with Crippen LogP contribution in [0.15, 0.2) is 60.1 Å². The van der Waals surface area contributed by atoms with E-state index in [1.165, 1.54) is 13.2 Å². The van der Waals surface area contributed by atoms with Gasteiger partial charge in [-0.1, -0.05) is 11.2 Å². The molecular weight excluding hydrogens is 467 g/mol. The minimum absolute atomic E-state index is 0.0572. The van der Waals surface area contributed by atoms with Gasteiger partial charge in [-0.05, 0) is 42.8 Å². The number of nitrogens with zero attached hydrogens (tertiary/aromatic N) is 2.